The molecule has 0 atom stereocenters. The van der Waals surface area contributed by atoms with Crippen LogP contribution in [-0.2, 0) is 19.2 Å². The molecule has 2 fully saturated rings. The standard InChI is InChI=1S/C30H39IN6O6/c1-17(2)22-14-25(42-5)23(31)15-24(22)43-26-16-32-30(35-29(41)21-8-12-37(13-9-21)19(4)39)34-27(26)33-28(40)20-6-10-36(11-7-20)18(3)38/h14-17,20-21H,6-13H2,1-5H3,(H2,32,33,34,35,40,41). The van der Waals surface area contributed by atoms with Gasteiger partial charge in [-0.3, -0.25) is 24.5 Å². The topological polar surface area (TPSA) is 143 Å². The molecule has 2 saturated heterocycles. The molecule has 2 aliphatic rings. The molecule has 0 radical (unpaired) electrons. The number of nitrogens with zero attached hydrogens (tertiary/aromatic N) is 4. The number of amides is 4. The van der Waals surface area contributed by atoms with Gasteiger partial charge in [-0.25, -0.2) is 4.98 Å². The van der Waals surface area contributed by atoms with Crippen molar-refractivity contribution >= 4 is 58.0 Å². The molecular weight excluding hydrogens is 667 g/mol. The number of carbonyl (C=O) groups is 4. The fourth-order valence-electron chi connectivity index (χ4n) is 5.30. The number of likely N-dealkylation sites (tertiary alicyclic amines) is 2. The number of nitrogens with one attached hydrogen (secondary N) is 2. The number of hydrogen-bond donors (Lipinski definition) is 2. The number of hydrogen-bond acceptors (Lipinski definition) is 8. The monoisotopic (exact) mass is 706 g/mol. The van der Waals surface area contributed by atoms with E-state index in [1.807, 2.05) is 26.0 Å². The highest BCUT2D eigenvalue weighted by atomic mass is 127. The maximum absolute atomic E-state index is 13.4. The molecule has 2 aliphatic heterocycles. The second-order valence-corrected chi connectivity index (χ2v) is 12.4. The summed E-state index contributed by atoms with van der Waals surface area (Å²) in [5, 5.41) is 5.68. The fraction of sp³-hybridized carbons (Fsp3) is 0.533. The quantitative estimate of drug-likeness (QED) is 0.385. The molecule has 2 N–H and O–H groups in total. The molecular formula is C30H39IN6O6. The third-order valence-corrected chi connectivity index (χ3v) is 8.82. The number of carbonyl (C=O) groups excluding carboxylic acids is 4. The molecule has 232 valence electrons. The van der Waals surface area contributed by atoms with Crippen LogP contribution in [0.5, 0.6) is 17.2 Å². The van der Waals surface area contributed by atoms with Crippen LogP contribution in [-0.4, -0.2) is 76.7 Å². The van der Waals surface area contributed by atoms with E-state index in [0.717, 1.165) is 14.9 Å². The second-order valence-electron chi connectivity index (χ2n) is 11.2. The van der Waals surface area contributed by atoms with Crippen molar-refractivity contribution in [3.8, 4) is 17.2 Å². The number of piperidine rings is 2. The van der Waals surface area contributed by atoms with Crippen LogP contribution in [0.3, 0.4) is 0 Å². The first-order chi connectivity index (χ1) is 20.5. The van der Waals surface area contributed by atoms with Crippen LogP contribution >= 0.6 is 22.6 Å². The van der Waals surface area contributed by atoms with E-state index < -0.39 is 0 Å². The summed E-state index contributed by atoms with van der Waals surface area (Å²) in [6.07, 6.45) is 3.59. The zero-order chi connectivity index (χ0) is 31.3. The van der Waals surface area contributed by atoms with Crippen molar-refractivity contribution in [3.63, 3.8) is 0 Å². The summed E-state index contributed by atoms with van der Waals surface area (Å²) in [4.78, 5) is 62.1. The van der Waals surface area contributed by atoms with Crippen LogP contribution < -0.4 is 20.1 Å². The summed E-state index contributed by atoms with van der Waals surface area (Å²) in [7, 11) is 1.62. The Hall–Kier alpha value is -3.49. The van der Waals surface area contributed by atoms with Gasteiger partial charge in [-0.1, -0.05) is 13.8 Å². The average Bonchev–Trinajstić information content (AvgIpc) is 2.98. The molecule has 0 unspecified atom stereocenters. The minimum Gasteiger partial charge on any atom is -0.496 e. The highest BCUT2D eigenvalue weighted by Crippen LogP contribution is 2.38. The lowest BCUT2D eigenvalue weighted by molar-refractivity contribution is -0.132. The Labute approximate surface area is 265 Å². The maximum Gasteiger partial charge on any atom is 0.231 e. The molecule has 12 nitrogen and oxygen atoms in total. The molecule has 13 heteroatoms. The zero-order valence-electron chi connectivity index (χ0n) is 25.2. The fourth-order valence-corrected chi connectivity index (χ4v) is 5.96. The van der Waals surface area contributed by atoms with Gasteiger partial charge in [-0.05, 0) is 66.3 Å². The van der Waals surface area contributed by atoms with E-state index in [-0.39, 0.29) is 58.9 Å². The molecule has 43 heavy (non-hydrogen) atoms. The van der Waals surface area contributed by atoms with Crippen molar-refractivity contribution in [2.24, 2.45) is 11.8 Å². The Morgan fingerprint density at radius 2 is 1.40 bits per heavy atom. The predicted molar refractivity (Wildman–Crippen MR) is 169 cm³/mol. The Balaban J connectivity index is 1.58. The Kier molecular flexibility index (Phi) is 10.8. The second kappa shape index (κ2) is 14.3. The molecule has 0 aliphatic carbocycles. The average molecular weight is 707 g/mol. The van der Waals surface area contributed by atoms with Crippen LogP contribution in [0.1, 0.15) is 64.9 Å². The van der Waals surface area contributed by atoms with Gasteiger partial charge in [0.15, 0.2) is 11.6 Å². The third-order valence-electron chi connectivity index (χ3n) is 7.98. The van der Waals surface area contributed by atoms with Gasteiger partial charge >= 0.3 is 0 Å². The van der Waals surface area contributed by atoms with Crippen LogP contribution in [0.15, 0.2) is 18.3 Å². The predicted octanol–water partition coefficient (Wildman–Crippen LogP) is 4.40. The van der Waals surface area contributed by atoms with E-state index in [2.05, 4.69) is 43.2 Å². The SMILES string of the molecule is COc1cc(C(C)C)c(Oc2cnc(NC(=O)C3CCN(C(C)=O)CC3)nc2NC(=O)C2CCN(C(C)=O)CC2)cc1I. The number of rotatable bonds is 8. The largest absolute Gasteiger partial charge is 0.496 e. The molecule has 2 aromatic rings. The number of methoxy groups -OCH3 is 1. The summed E-state index contributed by atoms with van der Waals surface area (Å²) in [5.41, 5.74) is 0.903. The summed E-state index contributed by atoms with van der Waals surface area (Å²) in [6, 6.07) is 3.79. The molecule has 4 amide bonds. The van der Waals surface area contributed by atoms with Crippen molar-refractivity contribution in [2.45, 2.75) is 59.3 Å². The van der Waals surface area contributed by atoms with E-state index in [1.165, 1.54) is 20.0 Å². The van der Waals surface area contributed by atoms with Crippen molar-refractivity contribution < 1.29 is 28.7 Å². The van der Waals surface area contributed by atoms with Gasteiger partial charge in [0.05, 0.1) is 16.9 Å². The normalized spacial score (nSPS) is 16.2. The van der Waals surface area contributed by atoms with Crippen LogP contribution in [0.25, 0.3) is 0 Å². The summed E-state index contributed by atoms with van der Waals surface area (Å²) in [5.74, 6) is 0.734. The minimum atomic E-state index is -0.309. The molecule has 0 saturated carbocycles. The van der Waals surface area contributed by atoms with Crippen LogP contribution in [0, 0.1) is 15.4 Å². The molecule has 3 heterocycles. The van der Waals surface area contributed by atoms with Gasteiger partial charge in [0, 0.05) is 57.4 Å². The molecule has 1 aromatic carbocycles. The minimum absolute atomic E-state index is 0.00250. The lowest BCUT2D eigenvalue weighted by Gasteiger charge is -2.30. The van der Waals surface area contributed by atoms with Gasteiger partial charge in [0.1, 0.15) is 11.5 Å². The Bertz CT molecular complexity index is 1370. The van der Waals surface area contributed by atoms with E-state index in [9.17, 15) is 19.2 Å². The highest BCUT2D eigenvalue weighted by molar-refractivity contribution is 14.1. The lowest BCUT2D eigenvalue weighted by Crippen LogP contribution is -2.40. The first-order valence-corrected chi connectivity index (χ1v) is 15.6. The molecule has 0 bridgehead atoms. The number of aromatic nitrogens is 2. The first-order valence-electron chi connectivity index (χ1n) is 14.5. The van der Waals surface area contributed by atoms with Crippen LogP contribution in [0.2, 0.25) is 0 Å². The van der Waals surface area contributed by atoms with Gasteiger partial charge in [0.2, 0.25) is 29.6 Å². The molecule has 0 spiro atoms. The third kappa shape index (κ3) is 8.12. The van der Waals surface area contributed by atoms with E-state index in [0.29, 0.717) is 57.6 Å². The van der Waals surface area contributed by atoms with Gasteiger partial charge in [-0.15, -0.1) is 0 Å². The summed E-state index contributed by atoms with van der Waals surface area (Å²) < 4.78 is 12.7. The Morgan fingerprint density at radius 3 is 1.88 bits per heavy atom. The van der Waals surface area contributed by atoms with Gasteiger partial charge in [0.25, 0.3) is 0 Å². The zero-order valence-corrected chi connectivity index (χ0v) is 27.4. The molecule has 1 aromatic heterocycles. The Morgan fingerprint density at radius 1 is 0.860 bits per heavy atom. The van der Waals surface area contributed by atoms with Crippen molar-refractivity contribution in [2.75, 3.05) is 43.9 Å². The smallest absolute Gasteiger partial charge is 0.231 e. The van der Waals surface area contributed by atoms with Crippen molar-refractivity contribution in [1.29, 1.82) is 0 Å². The van der Waals surface area contributed by atoms with Gasteiger partial charge < -0.3 is 24.6 Å². The number of benzene rings is 1. The van der Waals surface area contributed by atoms with Crippen LogP contribution in [0.4, 0.5) is 11.8 Å². The number of halogens is 1. The van der Waals surface area contributed by atoms with E-state index >= 15 is 0 Å². The van der Waals surface area contributed by atoms with E-state index in [4.69, 9.17) is 9.47 Å². The van der Waals surface area contributed by atoms with Crippen molar-refractivity contribution in [1.82, 2.24) is 19.8 Å². The van der Waals surface area contributed by atoms with Gasteiger partial charge in [-0.2, -0.15) is 4.98 Å². The van der Waals surface area contributed by atoms with E-state index in [1.54, 1.807) is 16.9 Å². The van der Waals surface area contributed by atoms with Crippen molar-refractivity contribution in [3.05, 3.63) is 27.5 Å². The highest BCUT2D eigenvalue weighted by Gasteiger charge is 2.29. The summed E-state index contributed by atoms with van der Waals surface area (Å²) in [6.45, 7) is 9.18. The summed E-state index contributed by atoms with van der Waals surface area (Å²) >= 11 is 2.17. The maximum atomic E-state index is 13.4. The number of ether oxygens (including phenoxy) is 2. The lowest BCUT2D eigenvalue weighted by atomic mass is 9.96. The number of anilines is 2. The first kappa shape index (κ1) is 32.4. The molecule has 4 rings (SSSR count).